The number of H-pyrrole nitrogens is 1. The van der Waals surface area contributed by atoms with Crippen molar-refractivity contribution in [3.63, 3.8) is 0 Å². The van der Waals surface area contributed by atoms with Crippen LogP contribution in [-0.4, -0.2) is 40.4 Å². The van der Waals surface area contributed by atoms with Crippen LogP contribution in [0.25, 0.3) is 11.0 Å². The van der Waals surface area contributed by atoms with Gasteiger partial charge in [0.25, 0.3) is 0 Å². The molecule has 5 nitrogen and oxygen atoms in total. The lowest BCUT2D eigenvalue weighted by molar-refractivity contribution is -0.126. The fourth-order valence-corrected chi connectivity index (χ4v) is 3.27. The summed E-state index contributed by atoms with van der Waals surface area (Å²) in [6.45, 7) is 9.85. The van der Waals surface area contributed by atoms with E-state index in [9.17, 15) is 4.79 Å². The molecule has 0 radical (unpaired) electrons. The average Bonchev–Trinajstić information content (AvgIpc) is 2.94. The quantitative estimate of drug-likeness (QED) is 0.887. The Kier molecular flexibility index (Phi) is 5.19. The SMILES string of the molecule is Cc1ccc2nc(CN3CCC(C(=O)NCC(C)C)CC3)[nH]c2c1. The van der Waals surface area contributed by atoms with E-state index in [1.165, 1.54) is 5.56 Å². The van der Waals surface area contributed by atoms with E-state index in [-0.39, 0.29) is 11.8 Å². The fourth-order valence-electron chi connectivity index (χ4n) is 3.27. The third-order valence-electron chi connectivity index (χ3n) is 4.70. The molecule has 0 saturated carbocycles. The molecular weight excluding hydrogens is 300 g/mol. The highest BCUT2D eigenvalue weighted by molar-refractivity contribution is 5.78. The molecule has 0 bridgehead atoms. The molecule has 3 rings (SSSR count). The summed E-state index contributed by atoms with van der Waals surface area (Å²) in [4.78, 5) is 22.6. The van der Waals surface area contributed by atoms with Crippen LogP contribution in [0.15, 0.2) is 18.2 Å². The van der Waals surface area contributed by atoms with Crippen LogP contribution in [0.4, 0.5) is 0 Å². The topological polar surface area (TPSA) is 61.0 Å². The Morgan fingerprint density at radius 2 is 2.12 bits per heavy atom. The highest BCUT2D eigenvalue weighted by Crippen LogP contribution is 2.20. The third-order valence-corrected chi connectivity index (χ3v) is 4.70. The van der Waals surface area contributed by atoms with Crippen LogP contribution < -0.4 is 5.32 Å². The second-order valence-electron chi connectivity index (χ2n) is 7.39. The standard InChI is InChI=1S/C19H28N4O/c1-13(2)11-20-19(24)15-6-8-23(9-7-15)12-18-21-16-5-4-14(3)10-17(16)22-18/h4-5,10,13,15H,6-9,11-12H2,1-3H3,(H,20,24)(H,21,22). The van der Waals surface area contributed by atoms with E-state index in [1.54, 1.807) is 0 Å². The number of carbonyl (C=O) groups is 1. The van der Waals surface area contributed by atoms with Crippen LogP contribution >= 0.6 is 0 Å². The Labute approximate surface area is 143 Å². The van der Waals surface area contributed by atoms with Crippen molar-refractivity contribution < 1.29 is 4.79 Å². The van der Waals surface area contributed by atoms with Crippen molar-refractivity contribution in [3.05, 3.63) is 29.6 Å². The van der Waals surface area contributed by atoms with Crippen LogP contribution in [0.3, 0.4) is 0 Å². The number of nitrogens with zero attached hydrogens (tertiary/aromatic N) is 2. The predicted molar refractivity (Wildman–Crippen MR) is 96.7 cm³/mol. The molecule has 1 saturated heterocycles. The molecule has 0 spiro atoms. The maximum Gasteiger partial charge on any atom is 0.223 e. The summed E-state index contributed by atoms with van der Waals surface area (Å²) in [5, 5.41) is 3.06. The molecule has 0 unspecified atom stereocenters. The van der Waals surface area contributed by atoms with Gasteiger partial charge in [-0.05, 0) is 56.5 Å². The number of carbonyl (C=O) groups excluding carboxylic acids is 1. The molecule has 2 heterocycles. The Balaban J connectivity index is 1.52. The number of hydrogen-bond acceptors (Lipinski definition) is 3. The number of amides is 1. The zero-order chi connectivity index (χ0) is 17.1. The Morgan fingerprint density at radius 3 is 2.83 bits per heavy atom. The number of rotatable bonds is 5. The fraction of sp³-hybridized carbons (Fsp3) is 0.579. The molecule has 130 valence electrons. The maximum absolute atomic E-state index is 12.2. The van der Waals surface area contributed by atoms with Gasteiger partial charge in [0.2, 0.25) is 5.91 Å². The lowest BCUT2D eigenvalue weighted by atomic mass is 9.95. The molecule has 1 aliphatic heterocycles. The van der Waals surface area contributed by atoms with Gasteiger partial charge < -0.3 is 10.3 Å². The van der Waals surface area contributed by atoms with E-state index < -0.39 is 0 Å². The summed E-state index contributed by atoms with van der Waals surface area (Å²) in [7, 11) is 0. The number of benzene rings is 1. The van der Waals surface area contributed by atoms with Gasteiger partial charge in [-0.2, -0.15) is 0 Å². The van der Waals surface area contributed by atoms with Crippen molar-refractivity contribution in [1.82, 2.24) is 20.2 Å². The summed E-state index contributed by atoms with van der Waals surface area (Å²) >= 11 is 0. The number of fused-ring (bicyclic) bond motifs is 1. The van der Waals surface area contributed by atoms with Gasteiger partial charge in [0.05, 0.1) is 17.6 Å². The number of likely N-dealkylation sites (tertiary alicyclic amines) is 1. The van der Waals surface area contributed by atoms with Crippen LogP contribution in [0, 0.1) is 18.8 Å². The maximum atomic E-state index is 12.2. The first-order valence-electron chi connectivity index (χ1n) is 8.96. The van der Waals surface area contributed by atoms with Gasteiger partial charge in [0.15, 0.2) is 0 Å². The summed E-state index contributed by atoms with van der Waals surface area (Å²) in [6, 6.07) is 6.29. The second-order valence-corrected chi connectivity index (χ2v) is 7.39. The van der Waals surface area contributed by atoms with Gasteiger partial charge in [0, 0.05) is 12.5 Å². The first-order chi connectivity index (χ1) is 11.5. The normalized spacial score (nSPS) is 16.8. The largest absolute Gasteiger partial charge is 0.356 e. The highest BCUT2D eigenvalue weighted by atomic mass is 16.1. The van der Waals surface area contributed by atoms with Crippen LogP contribution in [0.5, 0.6) is 0 Å². The smallest absolute Gasteiger partial charge is 0.223 e. The van der Waals surface area contributed by atoms with Crippen molar-refractivity contribution in [3.8, 4) is 0 Å². The number of hydrogen-bond donors (Lipinski definition) is 2. The number of aryl methyl sites for hydroxylation is 1. The molecule has 0 aliphatic carbocycles. The minimum absolute atomic E-state index is 0.165. The Hall–Kier alpha value is -1.88. The number of aromatic amines is 1. The zero-order valence-electron chi connectivity index (χ0n) is 14.9. The summed E-state index contributed by atoms with van der Waals surface area (Å²) in [5.41, 5.74) is 3.37. The molecule has 1 aliphatic rings. The lowest BCUT2D eigenvalue weighted by Crippen LogP contribution is -2.41. The highest BCUT2D eigenvalue weighted by Gasteiger charge is 2.25. The van der Waals surface area contributed by atoms with Crippen LogP contribution in [-0.2, 0) is 11.3 Å². The van der Waals surface area contributed by atoms with Crippen molar-refractivity contribution in [1.29, 1.82) is 0 Å². The van der Waals surface area contributed by atoms with Gasteiger partial charge >= 0.3 is 0 Å². The van der Waals surface area contributed by atoms with E-state index in [2.05, 4.69) is 59.2 Å². The Morgan fingerprint density at radius 1 is 1.38 bits per heavy atom. The Bertz CT molecular complexity index is 698. The molecule has 2 aromatic rings. The molecule has 1 aromatic carbocycles. The van der Waals surface area contributed by atoms with Crippen molar-refractivity contribution in [2.24, 2.45) is 11.8 Å². The van der Waals surface area contributed by atoms with E-state index in [1.807, 2.05) is 0 Å². The van der Waals surface area contributed by atoms with Crippen molar-refractivity contribution in [2.45, 2.75) is 40.2 Å². The first kappa shape index (κ1) is 17.0. The van der Waals surface area contributed by atoms with E-state index in [0.717, 1.165) is 55.9 Å². The van der Waals surface area contributed by atoms with Gasteiger partial charge in [0.1, 0.15) is 5.82 Å². The minimum atomic E-state index is 0.165. The number of nitrogens with one attached hydrogen (secondary N) is 2. The van der Waals surface area contributed by atoms with Crippen molar-refractivity contribution >= 4 is 16.9 Å². The summed E-state index contributed by atoms with van der Waals surface area (Å²) in [5.74, 6) is 1.91. The zero-order valence-corrected chi connectivity index (χ0v) is 14.9. The van der Waals surface area contributed by atoms with Crippen LogP contribution in [0.2, 0.25) is 0 Å². The molecule has 1 amide bonds. The van der Waals surface area contributed by atoms with Gasteiger partial charge in [-0.15, -0.1) is 0 Å². The molecule has 5 heteroatoms. The monoisotopic (exact) mass is 328 g/mol. The van der Waals surface area contributed by atoms with E-state index >= 15 is 0 Å². The van der Waals surface area contributed by atoms with Crippen molar-refractivity contribution in [2.75, 3.05) is 19.6 Å². The lowest BCUT2D eigenvalue weighted by Gasteiger charge is -2.30. The molecule has 1 aromatic heterocycles. The molecule has 24 heavy (non-hydrogen) atoms. The average molecular weight is 328 g/mol. The van der Waals surface area contributed by atoms with E-state index in [0.29, 0.717) is 5.92 Å². The molecule has 0 atom stereocenters. The molecule has 2 N–H and O–H groups in total. The summed E-state index contributed by atoms with van der Waals surface area (Å²) in [6.07, 6.45) is 1.87. The van der Waals surface area contributed by atoms with Crippen LogP contribution in [0.1, 0.15) is 38.1 Å². The number of imidazole rings is 1. The van der Waals surface area contributed by atoms with Gasteiger partial charge in [-0.25, -0.2) is 4.98 Å². The number of piperidine rings is 1. The third kappa shape index (κ3) is 4.15. The first-order valence-corrected chi connectivity index (χ1v) is 8.96. The molecular formula is C19H28N4O. The van der Waals surface area contributed by atoms with Gasteiger partial charge in [-0.1, -0.05) is 19.9 Å². The minimum Gasteiger partial charge on any atom is -0.356 e. The van der Waals surface area contributed by atoms with E-state index in [4.69, 9.17) is 0 Å². The second kappa shape index (κ2) is 7.34. The predicted octanol–water partition coefficient (Wildman–Crippen LogP) is 2.86. The molecule has 1 fully saturated rings. The summed E-state index contributed by atoms with van der Waals surface area (Å²) < 4.78 is 0. The van der Waals surface area contributed by atoms with Gasteiger partial charge in [-0.3, -0.25) is 9.69 Å². The number of aromatic nitrogens is 2.